The first-order chi connectivity index (χ1) is 13.8. The molecule has 1 N–H and O–H groups in total. The molecule has 29 heavy (non-hydrogen) atoms. The van der Waals surface area contributed by atoms with E-state index in [-0.39, 0.29) is 23.3 Å². The van der Waals surface area contributed by atoms with Crippen molar-refractivity contribution in [3.63, 3.8) is 0 Å². The SMILES string of the molecule is CC(C)CCn1c(SCC(=O)O[C@@H](C)C(=O)NC2CC2)nc2ccccc2c1=O. The molecule has 1 atom stereocenters. The lowest BCUT2D eigenvalue weighted by molar-refractivity contribution is -0.152. The van der Waals surface area contributed by atoms with Crippen LogP contribution in [0.15, 0.2) is 34.2 Å². The molecule has 1 aromatic heterocycles. The highest BCUT2D eigenvalue weighted by Crippen LogP contribution is 2.20. The lowest BCUT2D eigenvalue weighted by atomic mass is 10.1. The van der Waals surface area contributed by atoms with E-state index in [0.29, 0.717) is 28.5 Å². The van der Waals surface area contributed by atoms with Crippen LogP contribution in [-0.2, 0) is 20.9 Å². The summed E-state index contributed by atoms with van der Waals surface area (Å²) in [7, 11) is 0. The van der Waals surface area contributed by atoms with Gasteiger partial charge in [-0.2, -0.15) is 0 Å². The highest BCUT2D eigenvalue weighted by Gasteiger charge is 2.27. The van der Waals surface area contributed by atoms with Crippen LogP contribution in [0, 0.1) is 5.92 Å². The zero-order valence-corrected chi connectivity index (χ0v) is 17.8. The third kappa shape index (κ3) is 5.82. The van der Waals surface area contributed by atoms with E-state index in [1.807, 2.05) is 12.1 Å². The van der Waals surface area contributed by atoms with Crippen molar-refractivity contribution >= 4 is 34.5 Å². The number of carbonyl (C=O) groups excluding carboxylic acids is 2. The van der Waals surface area contributed by atoms with E-state index in [1.165, 1.54) is 0 Å². The van der Waals surface area contributed by atoms with Gasteiger partial charge in [-0.15, -0.1) is 0 Å². The Labute approximate surface area is 174 Å². The first kappa shape index (κ1) is 21.4. The molecule has 1 saturated carbocycles. The topological polar surface area (TPSA) is 90.3 Å². The maximum atomic E-state index is 12.9. The average Bonchev–Trinajstić information content (AvgIpc) is 3.49. The predicted molar refractivity (Wildman–Crippen MR) is 113 cm³/mol. The number of benzene rings is 1. The maximum absolute atomic E-state index is 12.9. The fourth-order valence-corrected chi connectivity index (χ4v) is 3.60. The standard InChI is InChI=1S/C21H27N3O4S/c1-13(2)10-11-24-20(27)16-6-4-5-7-17(16)23-21(24)29-12-18(25)28-14(3)19(26)22-15-8-9-15/h4-7,13-15H,8-12H2,1-3H3,(H,22,26)/t14-/m0/s1. The van der Waals surface area contributed by atoms with Gasteiger partial charge in [-0.25, -0.2) is 4.98 Å². The lowest BCUT2D eigenvalue weighted by Crippen LogP contribution is -2.37. The summed E-state index contributed by atoms with van der Waals surface area (Å²) in [6.07, 6.45) is 1.94. The quantitative estimate of drug-likeness (QED) is 0.383. The van der Waals surface area contributed by atoms with E-state index in [4.69, 9.17) is 4.74 Å². The van der Waals surface area contributed by atoms with Crippen molar-refractivity contribution in [2.24, 2.45) is 5.92 Å². The maximum Gasteiger partial charge on any atom is 0.317 e. The largest absolute Gasteiger partial charge is 0.452 e. The number of nitrogens with zero attached hydrogens (tertiary/aromatic N) is 2. The minimum Gasteiger partial charge on any atom is -0.452 e. The molecule has 0 bridgehead atoms. The van der Waals surface area contributed by atoms with Gasteiger partial charge in [-0.05, 0) is 44.2 Å². The highest BCUT2D eigenvalue weighted by molar-refractivity contribution is 7.99. The average molecular weight is 418 g/mol. The highest BCUT2D eigenvalue weighted by atomic mass is 32.2. The molecule has 8 heteroatoms. The van der Waals surface area contributed by atoms with Crippen LogP contribution in [0.5, 0.6) is 0 Å². The third-order valence-electron chi connectivity index (χ3n) is 4.68. The molecular weight excluding hydrogens is 390 g/mol. The first-order valence-corrected chi connectivity index (χ1v) is 11.0. The molecule has 7 nitrogen and oxygen atoms in total. The zero-order chi connectivity index (χ0) is 21.0. The van der Waals surface area contributed by atoms with Crippen molar-refractivity contribution in [3.8, 4) is 0 Å². The lowest BCUT2D eigenvalue weighted by Gasteiger charge is -2.15. The second kappa shape index (κ2) is 9.43. The smallest absolute Gasteiger partial charge is 0.317 e. The van der Waals surface area contributed by atoms with E-state index in [2.05, 4.69) is 24.1 Å². The van der Waals surface area contributed by atoms with E-state index >= 15 is 0 Å². The number of hydrogen-bond donors (Lipinski definition) is 1. The second-order valence-corrected chi connectivity index (χ2v) is 8.70. The van der Waals surface area contributed by atoms with Crippen molar-refractivity contribution in [2.45, 2.75) is 63.9 Å². The van der Waals surface area contributed by atoms with Crippen LogP contribution >= 0.6 is 11.8 Å². The van der Waals surface area contributed by atoms with Gasteiger partial charge in [0.25, 0.3) is 11.5 Å². The first-order valence-electron chi connectivity index (χ1n) is 9.97. The minimum atomic E-state index is -0.837. The number of hydrogen-bond acceptors (Lipinski definition) is 6. The number of ether oxygens (including phenoxy) is 1. The van der Waals surface area contributed by atoms with E-state index in [0.717, 1.165) is 31.0 Å². The minimum absolute atomic E-state index is 0.0203. The number of carbonyl (C=O) groups is 2. The van der Waals surface area contributed by atoms with Crippen molar-refractivity contribution in [1.29, 1.82) is 0 Å². The summed E-state index contributed by atoms with van der Waals surface area (Å²) in [6.45, 7) is 6.29. The van der Waals surface area contributed by atoms with Crippen LogP contribution < -0.4 is 10.9 Å². The number of rotatable bonds is 9. The van der Waals surface area contributed by atoms with Gasteiger partial charge in [0.2, 0.25) is 0 Å². The molecule has 1 aliphatic carbocycles. The van der Waals surface area contributed by atoms with Crippen molar-refractivity contribution in [2.75, 3.05) is 5.75 Å². The Hall–Kier alpha value is -2.35. The van der Waals surface area contributed by atoms with Gasteiger partial charge in [-0.3, -0.25) is 19.0 Å². The van der Waals surface area contributed by atoms with Gasteiger partial charge >= 0.3 is 5.97 Å². The van der Waals surface area contributed by atoms with Crippen molar-refractivity contribution in [3.05, 3.63) is 34.6 Å². The summed E-state index contributed by atoms with van der Waals surface area (Å²) >= 11 is 1.16. The summed E-state index contributed by atoms with van der Waals surface area (Å²) in [6, 6.07) is 7.41. The van der Waals surface area contributed by atoms with E-state index < -0.39 is 12.1 Å². The predicted octanol–water partition coefficient (Wildman–Crippen LogP) is 2.75. The van der Waals surface area contributed by atoms with Gasteiger partial charge in [0.05, 0.1) is 16.7 Å². The Kier molecular flexibility index (Phi) is 6.95. The van der Waals surface area contributed by atoms with Gasteiger partial charge in [0.1, 0.15) is 0 Å². The molecule has 0 unspecified atom stereocenters. The monoisotopic (exact) mass is 417 g/mol. The molecule has 1 heterocycles. The number of para-hydroxylation sites is 1. The van der Waals surface area contributed by atoms with Crippen molar-refractivity contribution in [1.82, 2.24) is 14.9 Å². The van der Waals surface area contributed by atoms with Crippen LogP contribution in [0.3, 0.4) is 0 Å². The van der Waals surface area contributed by atoms with Gasteiger partial charge in [0, 0.05) is 12.6 Å². The normalized spacial score (nSPS) is 14.8. The van der Waals surface area contributed by atoms with Gasteiger partial charge < -0.3 is 10.1 Å². The molecule has 1 aliphatic rings. The van der Waals surface area contributed by atoms with Crippen LogP contribution in [0.4, 0.5) is 0 Å². The zero-order valence-electron chi connectivity index (χ0n) is 17.0. The molecule has 0 radical (unpaired) electrons. The van der Waals surface area contributed by atoms with Crippen molar-refractivity contribution < 1.29 is 14.3 Å². The molecule has 0 spiro atoms. The number of nitrogens with one attached hydrogen (secondary N) is 1. The number of esters is 1. The van der Waals surface area contributed by atoms with Gasteiger partial charge in [0.15, 0.2) is 11.3 Å². The number of fused-ring (bicyclic) bond motifs is 1. The fourth-order valence-electron chi connectivity index (χ4n) is 2.80. The summed E-state index contributed by atoms with van der Waals surface area (Å²) in [5, 5.41) is 3.87. The Morgan fingerprint density at radius 2 is 2.00 bits per heavy atom. The molecule has 1 fully saturated rings. The molecule has 0 saturated heterocycles. The Morgan fingerprint density at radius 3 is 2.69 bits per heavy atom. The Morgan fingerprint density at radius 1 is 1.28 bits per heavy atom. The Balaban J connectivity index is 1.70. The summed E-state index contributed by atoms with van der Waals surface area (Å²) in [5.41, 5.74) is 0.496. The molecule has 1 aromatic carbocycles. The fraction of sp³-hybridized carbons (Fsp3) is 0.524. The van der Waals surface area contributed by atoms with Crippen LogP contribution in [-0.4, -0.2) is 39.3 Å². The van der Waals surface area contributed by atoms with Gasteiger partial charge in [-0.1, -0.05) is 37.7 Å². The third-order valence-corrected chi connectivity index (χ3v) is 5.63. The molecule has 3 rings (SSSR count). The van der Waals surface area contributed by atoms with E-state index in [9.17, 15) is 14.4 Å². The second-order valence-electron chi connectivity index (χ2n) is 7.75. The molecule has 1 amide bonds. The molecular formula is C21H27N3O4S. The molecule has 0 aliphatic heterocycles. The number of aromatic nitrogens is 2. The Bertz CT molecular complexity index is 953. The summed E-state index contributed by atoms with van der Waals surface area (Å²) in [4.78, 5) is 41.7. The van der Waals surface area contributed by atoms with E-state index in [1.54, 1.807) is 23.6 Å². The van der Waals surface area contributed by atoms with Crippen LogP contribution in [0.25, 0.3) is 10.9 Å². The molecule has 156 valence electrons. The van der Waals surface area contributed by atoms with Crippen LogP contribution in [0.2, 0.25) is 0 Å². The number of thioether (sulfide) groups is 1. The summed E-state index contributed by atoms with van der Waals surface area (Å²) in [5.74, 6) is -0.371. The summed E-state index contributed by atoms with van der Waals surface area (Å²) < 4.78 is 6.86. The number of amides is 1. The van der Waals surface area contributed by atoms with Crippen LogP contribution in [0.1, 0.15) is 40.0 Å². The molecule has 2 aromatic rings.